The molecule has 1 fully saturated rings. The molecule has 21 heteroatoms. The highest BCUT2D eigenvalue weighted by Gasteiger charge is 2.35. The van der Waals surface area contributed by atoms with Crippen molar-refractivity contribution in [2.24, 2.45) is 11.7 Å². The molecule has 0 saturated carbocycles. The first-order valence-corrected chi connectivity index (χ1v) is 21.3. The summed E-state index contributed by atoms with van der Waals surface area (Å²) in [6.07, 6.45) is 0.304. The van der Waals surface area contributed by atoms with E-state index in [4.69, 9.17) is 29.8 Å². The van der Waals surface area contributed by atoms with E-state index in [0.717, 1.165) is 39.9 Å². The van der Waals surface area contributed by atoms with Gasteiger partial charge in [0.25, 0.3) is 5.91 Å². The number of amides is 2. The lowest BCUT2D eigenvalue weighted by atomic mass is 10.0. The second-order valence-electron chi connectivity index (χ2n) is 13.3. The van der Waals surface area contributed by atoms with E-state index in [2.05, 4.69) is 32.5 Å². The second kappa shape index (κ2) is 16.5. The van der Waals surface area contributed by atoms with Crippen molar-refractivity contribution in [3.05, 3.63) is 96.8 Å². The van der Waals surface area contributed by atoms with E-state index in [0.29, 0.717) is 38.4 Å². The van der Waals surface area contributed by atoms with Gasteiger partial charge >= 0.3 is 11.9 Å². The maximum atomic E-state index is 13.6. The molecular weight excluding hydrogens is 839 g/mol. The monoisotopic (exact) mass is 869 g/mol. The summed E-state index contributed by atoms with van der Waals surface area (Å²) >= 11 is 4.96. The number of pyridine rings is 1. The van der Waals surface area contributed by atoms with Gasteiger partial charge in [-0.2, -0.15) is 0 Å². The Morgan fingerprint density at radius 3 is 2.31 bits per heavy atom. The van der Waals surface area contributed by atoms with Gasteiger partial charge in [-0.3, -0.25) is 14.9 Å². The zero-order valence-electron chi connectivity index (χ0n) is 30.8. The first kappa shape index (κ1) is 39.6. The number of para-hydroxylation sites is 1. The van der Waals surface area contributed by atoms with Gasteiger partial charge < -0.3 is 30.4 Å². The number of oxazole rings is 1. The van der Waals surface area contributed by atoms with Gasteiger partial charge in [0.1, 0.15) is 48.6 Å². The number of thiazole rings is 4. The number of aryl methyl sites for hydroxylation is 1. The van der Waals surface area contributed by atoms with Crippen molar-refractivity contribution in [3.8, 4) is 50.0 Å². The number of primary amides is 1. The van der Waals surface area contributed by atoms with Crippen LogP contribution in [0.1, 0.15) is 79.1 Å². The maximum Gasteiger partial charge on any atom is 0.355 e. The number of hydrogen-bond acceptors (Lipinski definition) is 17. The minimum Gasteiger partial charge on any atom is -0.476 e. The van der Waals surface area contributed by atoms with Crippen molar-refractivity contribution in [1.82, 2.24) is 40.5 Å². The van der Waals surface area contributed by atoms with Crippen LogP contribution < -0.4 is 21.1 Å². The number of benzene rings is 1. The number of aromatic nitrogens is 6. The molecule has 6 N–H and O–H groups in total. The normalized spacial score (nSPS) is 16.8. The predicted molar refractivity (Wildman–Crippen MR) is 218 cm³/mol. The van der Waals surface area contributed by atoms with E-state index < -0.39 is 29.8 Å². The van der Waals surface area contributed by atoms with Crippen molar-refractivity contribution >= 4 is 69.1 Å². The Morgan fingerprint density at radius 1 is 0.864 bits per heavy atom. The van der Waals surface area contributed by atoms with Gasteiger partial charge in [0.15, 0.2) is 23.3 Å². The molecule has 0 spiro atoms. The number of hydrogen-bond donors (Lipinski definition) is 5. The predicted octanol–water partition coefficient (Wildman–Crippen LogP) is 6.69. The summed E-state index contributed by atoms with van der Waals surface area (Å²) in [6.45, 7) is 3.70. The Labute approximate surface area is 350 Å². The first-order valence-electron chi connectivity index (χ1n) is 17.8. The van der Waals surface area contributed by atoms with E-state index in [1.807, 2.05) is 41.1 Å². The van der Waals surface area contributed by atoms with Crippen LogP contribution in [0.2, 0.25) is 0 Å². The molecule has 1 saturated heterocycles. The minimum absolute atomic E-state index is 0.0182. The fourth-order valence-corrected chi connectivity index (χ4v) is 9.77. The van der Waals surface area contributed by atoms with E-state index in [-0.39, 0.29) is 58.3 Å². The van der Waals surface area contributed by atoms with E-state index in [1.165, 1.54) is 33.4 Å². The van der Waals surface area contributed by atoms with Crippen LogP contribution >= 0.6 is 45.3 Å². The lowest BCUT2D eigenvalue weighted by Gasteiger charge is -2.15. The van der Waals surface area contributed by atoms with Crippen molar-refractivity contribution in [3.63, 3.8) is 0 Å². The number of carbonyl (C=O) groups is 4. The van der Waals surface area contributed by atoms with Crippen molar-refractivity contribution in [1.29, 1.82) is 0 Å². The number of ether oxygens (including phenoxy) is 1. The third-order valence-electron chi connectivity index (χ3n) is 9.13. The molecule has 0 aliphatic carbocycles. The van der Waals surface area contributed by atoms with Gasteiger partial charge in [-0.25, -0.2) is 39.5 Å². The fourth-order valence-electron chi connectivity index (χ4n) is 6.33. The largest absolute Gasteiger partial charge is 0.476 e. The molecular formula is C38H31N9O8S4. The fraction of sp³-hybridized carbons (Fsp3) is 0.211. The molecule has 1 aliphatic rings. The smallest absolute Gasteiger partial charge is 0.355 e. The maximum absolute atomic E-state index is 13.6. The molecule has 4 atom stereocenters. The standard InChI is InChI=1S/C38H31N9O8S4/c1-16-10-27(55-18-6-4-3-5-7-18)46-28(16)36-43-23(13-59-36)35-42-22(12-56-35)30-19(8-9-20(40-30)33-44-24(14-57-33)37(50)51)32-47-29(17(2)54-32)31(49)41-21(11-26(39)48)34-45-25(15-58-34)38(52)53/h3-9,12-16,21,27-28,46H,10-11H2,1-2H3,(H2,39,48)(H,41,49)(H,50,51)(H,52,53). The Bertz CT molecular complexity index is 2710. The van der Waals surface area contributed by atoms with Gasteiger partial charge in [-0.15, -0.1) is 45.3 Å². The number of aromatic carboxylic acids is 2. The lowest BCUT2D eigenvalue weighted by Crippen LogP contribution is -2.32. The molecule has 0 radical (unpaired) electrons. The zero-order chi connectivity index (χ0) is 41.4. The van der Waals surface area contributed by atoms with Crippen LogP contribution in [0, 0.1) is 12.8 Å². The topological polar surface area (TPSA) is 259 Å². The number of carboxylic acids is 2. The summed E-state index contributed by atoms with van der Waals surface area (Å²) in [4.78, 5) is 76.1. The van der Waals surface area contributed by atoms with Crippen molar-refractivity contribution < 1.29 is 38.5 Å². The number of nitrogens with zero attached hydrogens (tertiary/aromatic N) is 6. The summed E-state index contributed by atoms with van der Waals surface area (Å²) in [5, 5.41) is 33.6. The van der Waals surface area contributed by atoms with E-state index in [1.54, 1.807) is 19.1 Å². The molecule has 17 nitrogen and oxygen atoms in total. The average molecular weight is 870 g/mol. The SMILES string of the molecule is Cc1oc(-c2ccc(-c3nc(C(=O)O)cs3)nc2-c2csc(-c3csc(C4NC(Oc5ccccc5)CC4C)n3)n2)nc1C(=O)NC(CC(N)=O)c1nc(C(=O)O)cs1. The second-order valence-corrected chi connectivity index (χ2v) is 16.8. The van der Waals surface area contributed by atoms with Crippen LogP contribution in [-0.2, 0) is 4.79 Å². The number of rotatable bonds is 14. The molecule has 7 heterocycles. The highest BCUT2D eigenvalue weighted by molar-refractivity contribution is 7.14. The molecule has 4 unspecified atom stereocenters. The van der Waals surface area contributed by atoms with Gasteiger partial charge in [-0.05, 0) is 37.1 Å². The molecule has 1 aliphatic heterocycles. The quantitative estimate of drug-likeness (QED) is 0.0763. The summed E-state index contributed by atoms with van der Waals surface area (Å²) in [5.74, 6) is -2.67. The highest BCUT2D eigenvalue weighted by atomic mass is 32.1. The van der Waals surface area contributed by atoms with Crippen LogP contribution in [0.4, 0.5) is 0 Å². The summed E-state index contributed by atoms with van der Waals surface area (Å²) in [6, 6.07) is 11.9. The van der Waals surface area contributed by atoms with Crippen molar-refractivity contribution in [2.75, 3.05) is 0 Å². The zero-order valence-corrected chi connectivity index (χ0v) is 34.1. The Hall–Kier alpha value is -6.26. The van der Waals surface area contributed by atoms with Crippen LogP contribution in [0.15, 0.2) is 68.4 Å². The molecule has 6 aromatic heterocycles. The highest BCUT2D eigenvalue weighted by Crippen LogP contribution is 2.39. The number of nitrogens with two attached hydrogens (primary N) is 1. The number of carboxylic acid groups (broad SMARTS) is 2. The van der Waals surface area contributed by atoms with Crippen LogP contribution in [-0.4, -0.2) is 70.1 Å². The minimum atomic E-state index is -1.26. The van der Waals surface area contributed by atoms with Crippen LogP contribution in [0.5, 0.6) is 5.75 Å². The third kappa shape index (κ3) is 8.50. The molecule has 59 heavy (non-hydrogen) atoms. The lowest BCUT2D eigenvalue weighted by molar-refractivity contribution is -0.118. The van der Waals surface area contributed by atoms with Gasteiger partial charge in [0.2, 0.25) is 11.8 Å². The van der Waals surface area contributed by atoms with E-state index >= 15 is 0 Å². The summed E-state index contributed by atoms with van der Waals surface area (Å²) < 4.78 is 12.2. The Balaban J connectivity index is 1.09. The van der Waals surface area contributed by atoms with Crippen LogP contribution in [0.25, 0.3) is 44.2 Å². The molecule has 2 amide bonds. The molecule has 8 rings (SSSR count). The number of carbonyl (C=O) groups excluding carboxylic acids is 2. The first-order chi connectivity index (χ1) is 28.4. The van der Waals surface area contributed by atoms with Gasteiger partial charge in [-0.1, -0.05) is 25.1 Å². The average Bonchev–Trinajstić information content (AvgIpc) is 4.06. The van der Waals surface area contributed by atoms with Gasteiger partial charge in [0.05, 0.1) is 29.8 Å². The van der Waals surface area contributed by atoms with Crippen LogP contribution in [0.3, 0.4) is 0 Å². The molecule has 1 aromatic carbocycles. The number of nitrogens with one attached hydrogen (secondary N) is 2. The molecule has 7 aromatic rings. The summed E-state index contributed by atoms with van der Waals surface area (Å²) in [5.41, 5.74) is 7.17. The molecule has 300 valence electrons. The summed E-state index contributed by atoms with van der Waals surface area (Å²) in [7, 11) is 0. The third-order valence-corrected chi connectivity index (χ3v) is 12.7. The van der Waals surface area contributed by atoms with Crippen molar-refractivity contribution in [2.45, 2.75) is 45.0 Å². The Morgan fingerprint density at radius 2 is 1.58 bits per heavy atom. The molecule has 0 bridgehead atoms. The van der Waals surface area contributed by atoms with Gasteiger partial charge in [0, 0.05) is 27.9 Å². The van der Waals surface area contributed by atoms with E-state index in [9.17, 15) is 29.4 Å². The Kier molecular flexibility index (Phi) is 11.1.